The predicted molar refractivity (Wildman–Crippen MR) is 112 cm³/mol. The van der Waals surface area contributed by atoms with E-state index in [4.69, 9.17) is 4.74 Å². The molecule has 31 heavy (non-hydrogen) atoms. The topological polar surface area (TPSA) is 102 Å². The molecule has 0 aliphatic heterocycles. The standard InChI is InChI=1S/C22H19FN2O5S/c23-19-11-4-5-12-20(19)25-21(26)15-30-22(27)17-9-6-10-18(13-17)31(28,29)24-14-16-7-2-1-3-8-16/h1-13,24H,14-15H2,(H,25,26). The van der Waals surface area contributed by atoms with Crippen LogP contribution in [-0.2, 0) is 26.1 Å². The van der Waals surface area contributed by atoms with E-state index >= 15 is 0 Å². The third-order valence-electron chi connectivity index (χ3n) is 4.17. The van der Waals surface area contributed by atoms with Crippen molar-refractivity contribution in [3.05, 3.63) is 95.8 Å². The van der Waals surface area contributed by atoms with Crippen LogP contribution in [0, 0.1) is 5.82 Å². The van der Waals surface area contributed by atoms with Crippen molar-refractivity contribution in [2.45, 2.75) is 11.4 Å². The number of carbonyl (C=O) groups excluding carboxylic acids is 2. The lowest BCUT2D eigenvalue weighted by molar-refractivity contribution is -0.119. The summed E-state index contributed by atoms with van der Waals surface area (Å²) in [6.45, 7) is -0.565. The predicted octanol–water partition coefficient (Wildman–Crippen LogP) is 3.10. The first-order valence-electron chi connectivity index (χ1n) is 9.20. The first kappa shape index (κ1) is 22.1. The smallest absolute Gasteiger partial charge is 0.338 e. The molecule has 0 atom stereocenters. The zero-order chi connectivity index (χ0) is 22.3. The van der Waals surface area contributed by atoms with E-state index in [1.165, 1.54) is 36.4 Å². The van der Waals surface area contributed by atoms with Gasteiger partial charge in [-0.3, -0.25) is 4.79 Å². The molecular weight excluding hydrogens is 423 g/mol. The Morgan fingerprint density at radius 2 is 1.61 bits per heavy atom. The summed E-state index contributed by atoms with van der Waals surface area (Å²) in [7, 11) is -3.87. The Morgan fingerprint density at radius 3 is 2.35 bits per heavy atom. The van der Waals surface area contributed by atoms with Gasteiger partial charge in [0.15, 0.2) is 6.61 Å². The van der Waals surface area contributed by atoms with E-state index in [0.717, 1.165) is 11.6 Å². The average molecular weight is 442 g/mol. The molecule has 0 bridgehead atoms. The summed E-state index contributed by atoms with van der Waals surface area (Å²) in [5.41, 5.74) is 0.699. The Hall–Kier alpha value is -3.56. The lowest BCUT2D eigenvalue weighted by atomic mass is 10.2. The highest BCUT2D eigenvalue weighted by atomic mass is 32.2. The number of rotatable bonds is 8. The molecular formula is C22H19FN2O5S. The molecule has 0 radical (unpaired) electrons. The van der Waals surface area contributed by atoms with Crippen LogP contribution < -0.4 is 10.0 Å². The second kappa shape index (κ2) is 9.96. The van der Waals surface area contributed by atoms with Crippen molar-refractivity contribution in [1.82, 2.24) is 4.72 Å². The quantitative estimate of drug-likeness (QED) is 0.522. The Kier molecular flexibility index (Phi) is 7.11. The fourth-order valence-electron chi connectivity index (χ4n) is 2.61. The number of halogens is 1. The Morgan fingerprint density at radius 1 is 0.903 bits per heavy atom. The van der Waals surface area contributed by atoms with Crippen molar-refractivity contribution in [1.29, 1.82) is 0 Å². The highest BCUT2D eigenvalue weighted by Gasteiger charge is 2.17. The lowest BCUT2D eigenvalue weighted by Crippen LogP contribution is -2.24. The molecule has 9 heteroatoms. The molecule has 0 saturated heterocycles. The fourth-order valence-corrected chi connectivity index (χ4v) is 3.67. The zero-order valence-electron chi connectivity index (χ0n) is 16.2. The van der Waals surface area contributed by atoms with Crippen LogP contribution in [0.1, 0.15) is 15.9 Å². The SMILES string of the molecule is O=C(COC(=O)c1cccc(S(=O)(=O)NCc2ccccc2)c1)Nc1ccccc1F. The summed E-state index contributed by atoms with van der Waals surface area (Å²) in [5.74, 6) is -2.24. The Balaban J connectivity index is 1.60. The minimum Gasteiger partial charge on any atom is -0.452 e. The van der Waals surface area contributed by atoms with Crippen molar-refractivity contribution in [2.75, 3.05) is 11.9 Å². The van der Waals surface area contributed by atoms with Gasteiger partial charge in [0.1, 0.15) is 5.82 Å². The molecule has 0 fully saturated rings. The number of amides is 1. The van der Waals surface area contributed by atoms with Crippen molar-refractivity contribution in [3.63, 3.8) is 0 Å². The molecule has 0 unspecified atom stereocenters. The average Bonchev–Trinajstić information content (AvgIpc) is 2.78. The monoisotopic (exact) mass is 442 g/mol. The maximum Gasteiger partial charge on any atom is 0.338 e. The van der Waals surface area contributed by atoms with Crippen LogP contribution in [0.25, 0.3) is 0 Å². The van der Waals surface area contributed by atoms with Gasteiger partial charge >= 0.3 is 5.97 Å². The minimum absolute atomic E-state index is 0.0405. The van der Waals surface area contributed by atoms with E-state index in [1.54, 1.807) is 30.3 Å². The van der Waals surface area contributed by atoms with E-state index in [9.17, 15) is 22.4 Å². The largest absolute Gasteiger partial charge is 0.452 e. The number of sulfonamides is 1. The number of hydrogen-bond donors (Lipinski definition) is 2. The van der Waals surface area contributed by atoms with Gasteiger partial charge < -0.3 is 10.1 Å². The van der Waals surface area contributed by atoms with Gasteiger partial charge in [0.05, 0.1) is 16.1 Å². The number of hydrogen-bond acceptors (Lipinski definition) is 5. The number of benzene rings is 3. The van der Waals surface area contributed by atoms with Gasteiger partial charge in [-0.25, -0.2) is 22.3 Å². The fraction of sp³-hybridized carbons (Fsp3) is 0.0909. The number of ether oxygens (including phenoxy) is 1. The maximum atomic E-state index is 13.6. The van der Waals surface area contributed by atoms with Gasteiger partial charge in [-0.1, -0.05) is 48.5 Å². The Bertz CT molecular complexity index is 1180. The van der Waals surface area contributed by atoms with Gasteiger partial charge in [0.25, 0.3) is 5.91 Å². The molecule has 3 aromatic carbocycles. The van der Waals surface area contributed by atoms with Crippen LogP contribution in [0.5, 0.6) is 0 Å². The molecule has 2 N–H and O–H groups in total. The highest BCUT2D eigenvalue weighted by Crippen LogP contribution is 2.14. The second-order valence-electron chi connectivity index (χ2n) is 6.44. The molecule has 0 saturated carbocycles. The van der Waals surface area contributed by atoms with Crippen molar-refractivity contribution in [3.8, 4) is 0 Å². The normalized spacial score (nSPS) is 11.0. The molecule has 0 aliphatic carbocycles. The maximum absolute atomic E-state index is 13.6. The van der Waals surface area contributed by atoms with Crippen LogP contribution in [0.3, 0.4) is 0 Å². The van der Waals surface area contributed by atoms with Crippen LogP contribution in [-0.4, -0.2) is 26.9 Å². The molecule has 3 aromatic rings. The summed E-state index contributed by atoms with van der Waals surface area (Å²) < 4.78 is 46.0. The highest BCUT2D eigenvalue weighted by molar-refractivity contribution is 7.89. The Labute approximate surface area is 178 Å². The molecule has 0 heterocycles. The van der Waals surface area contributed by atoms with Gasteiger partial charge in [-0.2, -0.15) is 0 Å². The summed E-state index contributed by atoms with van der Waals surface area (Å²) in [6.07, 6.45) is 0. The third kappa shape index (κ3) is 6.21. The van der Waals surface area contributed by atoms with Crippen molar-refractivity contribution in [2.24, 2.45) is 0 Å². The number of carbonyl (C=O) groups is 2. The molecule has 1 amide bonds. The molecule has 3 rings (SSSR count). The van der Waals surface area contributed by atoms with Crippen LogP contribution in [0.2, 0.25) is 0 Å². The van der Waals surface area contributed by atoms with Gasteiger partial charge in [0, 0.05) is 6.54 Å². The molecule has 160 valence electrons. The van der Waals surface area contributed by atoms with Crippen LogP contribution >= 0.6 is 0 Å². The number of para-hydroxylation sites is 1. The van der Waals surface area contributed by atoms with E-state index in [2.05, 4.69) is 10.0 Å². The first-order valence-corrected chi connectivity index (χ1v) is 10.7. The van der Waals surface area contributed by atoms with Gasteiger partial charge in [-0.05, 0) is 35.9 Å². The van der Waals surface area contributed by atoms with Crippen LogP contribution in [0.15, 0.2) is 83.8 Å². The summed E-state index contributed by atoms with van der Waals surface area (Å²) in [6, 6.07) is 19.8. The number of anilines is 1. The third-order valence-corrected chi connectivity index (χ3v) is 5.57. The summed E-state index contributed by atoms with van der Waals surface area (Å²) >= 11 is 0. The van der Waals surface area contributed by atoms with E-state index in [0.29, 0.717) is 0 Å². The van der Waals surface area contributed by atoms with Gasteiger partial charge in [0.2, 0.25) is 10.0 Å². The van der Waals surface area contributed by atoms with E-state index in [-0.39, 0.29) is 22.7 Å². The molecule has 0 aliphatic rings. The van der Waals surface area contributed by atoms with E-state index < -0.39 is 34.3 Å². The van der Waals surface area contributed by atoms with Gasteiger partial charge in [-0.15, -0.1) is 0 Å². The van der Waals surface area contributed by atoms with E-state index in [1.807, 2.05) is 6.07 Å². The molecule has 0 spiro atoms. The summed E-state index contributed by atoms with van der Waals surface area (Å²) in [4.78, 5) is 24.0. The number of esters is 1. The summed E-state index contributed by atoms with van der Waals surface area (Å²) in [5, 5.41) is 2.29. The van der Waals surface area contributed by atoms with Crippen molar-refractivity contribution < 1.29 is 27.1 Å². The van der Waals surface area contributed by atoms with Crippen molar-refractivity contribution >= 4 is 27.6 Å². The molecule has 7 nitrogen and oxygen atoms in total. The minimum atomic E-state index is -3.87. The molecule has 0 aromatic heterocycles. The first-order chi connectivity index (χ1) is 14.8. The second-order valence-corrected chi connectivity index (χ2v) is 8.21. The lowest BCUT2D eigenvalue weighted by Gasteiger charge is -2.09. The number of nitrogens with one attached hydrogen (secondary N) is 2. The van der Waals surface area contributed by atoms with Crippen LogP contribution in [0.4, 0.5) is 10.1 Å². The zero-order valence-corrected chi connectivity index (χ0v) is 17.1.